The van der Waals surface area contributed by atoms with Gasteiger partial charge in [-0.15, -0.1) is 0 Å². The van der Waals surface area contributed by atoms with Crippen molar-refractivity contribution < 1.29 is 17.9 Å². The van der Waals surface area contributed by atoms with Gasteiger partial charge < -0.3 is 15.4 Å². The van der Waals surface area contributed by atoms with Crippen LogP contribution >= 0.6 is 0 Å². The minimum atomic E-state index is -4.14. The Morgan fingerprint density at radius 2 is 1.92 bits per heavy atom. The molecule has 0 aromatic carbocycles. The lowest BCUT2D eigenvalue weighted by atomic mass is 9.83. The number of guanidine groups is 1. The van der Waals surface area contributed by atoms with Crippen LogP contribution in [0.3, 0.4) is 0 Å². The lowest BCUT2D eigenvalue weighted by Crippen LogP contribution is -2.40. The highest BCUT2D eigenvalue weighted by molar-refractivity contribution is 5.79. The summed E-state index contributed by atoms with van der Waals surface area (Å²) in [4.78, 5) is 6.04. The van der Waals surface area contributed by atoms with Crippen molar-refractivity contribution in [3.8, 4) is 0 Å². The summed E-state index contributed by atoms with van der Waals surface area (Å²) in [6, 6.07) is 0. The highest BCUT2D eigenvalue weighted by Crippen LogP contribution is 2.41. The standard InChI is InChI=1S/C18H35F3N4O/c1-4-22-16(23-11-7-12-25(2)15-18(19,20)21)24-14-17(10-13-26-3)8-5-6-9-17/h4-15H2,1-3H3,(H2,22,23,24). The lowest BCUT2D eigenvalue weighted by molar-refractivity contribution is -0.143. The Labute approximate surface area is 155 Å². The normalized spacial score (nSPS) is 17.7. The molecule has 26 heavy (non-hydrogen) atoms. The smallest absolute Gasteiger partial charge is 0.385 e. The predicted molar refractivity (Wildman–Crippen MR) is 99.5 cm³/mol. The number of halogens is 3. The summed E-state index contributed by atoms with van der Waals surface area (Å²) in [5.41, 5.74) is 0.227. The van der Waals surface area contributed by atoms with Crippen LogP contribution in [0.4, 0.5) is 13.2 Å². The molecule has 8 heteroatoms. The molecule has 0 aliphatic heterocycles. The van der Waals surface area contributed by atoms with E-state index in [2.05, 4.69) is 10.6 Å². The summed E-state index contributed by atoms with van der Waals surface area (Å²) in [5, 5.41) is 6.46. The van der Waals surface area contributed by atoms with E-state index in [4.69, 9.17) is 9.73 Å². The summed E-state index contributed by atoms with van der Waals surface area (Å²) in [5.74, 6) is 0.745. The maximum absolute atomic E-state index is 12.3. The fraction of sp³-hybridized carbons (Fsp3) is 0.944. The molecule has 1 saturated carbocycles. The molecular weight excluding hydrogens is 345 g/mol. The van der Waals surface area contributed by atoms with Gasteiger partial charge in [0.2, 0.25) is 0 Å². The topological polar surface area (TPSA) is 48.9 Å². The minimum absolute atomic E-state index is 0.227. The Balaban J connectivity index is 2.42. The highest BCUT2D eigenvalue weighted by Gasteiger charge is 2.33. The molecule has 0 radical (unpaired) electrons. The number of aliphatic imine (C=N–C) groups is 1. The first-order chi connectivity index (χ1) is 12.3. The van der Waals surface area contributed by atoms with Crippen molar-refractivity contribution in [2.45, 2.75) is 51.6 Å². The van der Waals surface area contributed by atoms with Crippen LogP contribution in [0.25, 0.3) is 0 Å². The van der Waals surface area contributed by atoms with Gasteiger partial charge in [0.05, 0.1) is 6.54 Å². The first-order valence-corrected chi connectivity index (χ1v) is 9.57. The van der Waals surface area contributed by atoms with Crippen molar-refractivity contribution in [1.29, 1.82) is 0 Å². The summed E-state index contributed by atoms with van der Waals surface area (Å²) in [6.07, 6.45) is 2.36. The molecule has 0 unspecified atom stereocenters. The van der Waals surface area contributed by atoms with E-state index in [1.165, 1.54) is 37.6 Å². The molecule has 1 aliphatic rings. The molecule has 1 fully saturated rings. The maximum Gasteiger partial charge on any atom is 0.401 e. The Morgan fingerprint density at radius 1 is 1.23 bits per heavy atom. The molecule has 0 spiro atoms. The van der Waals surface area contributed by atoms with E-state index in [0.29, 0.717) is 19.5 Å². The van der Waals surface area contributed by atoms with E-state index in [-0.39, 0.29) is 5.41 Å². The Morgan fingerprint density at radius 3 is 2.50 bits per heavy atom. The van der Waals surface area contributed by atoms with Gasteiger partial charge >= 0.3 is 6.18 Å². The molecule has 0 aromatic rings. The fourth-order valence-corrected chi connectivity index (χ4v) is 3.46. The fourth-order valence-electron chi connectivity index (χ4n) is 3.46. The zero-order valence-electron chi connectivity index (χ0n) is 16.4. The van der Waals surface area contributed by atoms with Gasteiger partial charge in [0, 0.05) is 33.4 Å². The van der Waals surface area contributed by atoms with Crippen molar-refractivity contribution in [2.24, 2.45) is 10.4 Å². The lowest BCUT2D eigenvalue weighted by Gasteiger charge is -2.27. The third-order valence-corrected chi connectivity index (χ3v) is 4.88. The molecule has 5 nitrogen and oxygen atoms in total. The zero-order chi connectivity index (χ0) is 19.5. The summed E-state index contributed by atoms with van der Waals surface area (Å²) in [7, 11) is 3.22. The van der Waals surface area contributed by atoms with E-state index < -0.39 is 12.7 Å². The second kappa shape index (κ2) is 11.6. The van der Waals surface area contributed by atoms with Gasteiger partial charge in [-0.05, 0) is 51.6 Å². The van der Waals surface area contributed by atoms with E-state index >= 15 is 0 Å². The molecule has 0 atom stereocenters. The number of ether oxygens (including phenoxy) is 1. The van der Waals surface area contributed by atoms with Crippen LogP contribution in [0.1, 0.15) is 45.4 Å². The van der Waals surface area contributed by atoms with Crippen LogP contribution < -0.4 is 10.6 Å². The average Bonchev–Trinajstić information content (AvgIpc) is 3.02. The van der Waals surface area contributed by atoms with Gasteiger partial charge in [-0.2, -0.15) is 13.2 Å². The van der Waals surface area contributed by atoms with Crippen molar-refractivity contribution in [3.05, 3.63) is 0 Å². The second-order valence-corrected chi connectivity index (χ2v) is 7.28. The number of alkyl halides is 3. The van der Waals surface area contributed by atoms with Crippen LogP contribution in [0, 0.1) is 5.41 Å². The number of hydrogen-bond donors (Lipinski definition) is 2. The Hall–Kier alpha value is -1.02. The van der Waals surface area contributed by atoms with Crippen LogP contribution in [0.2, 0.25) is 0 Å². The summed E-state index contributed by atoms with van der Waals surface area (Å²) < 4.78 is 42.2. The first kappa shape index (κ1) is 23.0. The number of rotatable bonds is 11. The zero-order valence-corrected chi connectivity index (χ0v) is 16.4. The van der Waals surface area contributed by atoms with E-state index in [0.717, 1.165) is 32.1 Å². The van der Waals surface area contributed by atoms with Crippen molar-refractivity contribution in [3.63, 3.8) is 0 Å². The molecule has 2 N–H and O–H groups in total. The number of hydrogen-bond acceptors (Lipinski definition) is 3. The van der Waals surface area contributed by atoms with Gasteiger partial charge in [-0.1, -0.05) is 12.8 Å². The SMILES string of the molecule is CCNC(=NCC1(CCOC)CCCC1)NCCCN(C)CC(F)(F)F. The quantitative estimate of drug-likeness (QED) is 0.329. The third-order valence-electron chi connectivity index (χ3n) is 4.88. The molecule has 0 aromatic heterocycles. The minimum Gasteiger partial charge on any atom is -0.385 e. The molecule has 0 amide bonds. The van der Waals surface area contributed by atoms with E-state index in [1.807, 2.05) is 6.92 Å². The van der Waals surface area contributed by atoms with Crippen LogP contribution in [0.15, 0.2) is 4.99 Å². The molecule has 0 saturated heterocycles. The van der Waals surface area contributed by atoms with Gasteiger partial charge in [-0.3, -0.25) is 9.89 Å². The highest BCUT2D eigenvalue weighted by atomic mass is 19.4. The molecule has 0 bridgehead atoms. The molecule has 154 valence electrons. The Bertz CT molecular complexity index is 410. The number of methoxy groups -OCH3 is 1. The van der Waals surface area contributed by atoms with Crippen LogP contribution in [0.5, 0.6) is 0 Å². The van der Waals surface area contributed by atoms with Gasteiger partial charge in [-0.25, -0.2) is 0 Å². The van der Waals surface area contributed by atoms with E-state index in [1.54, 1.807) is 7.11 Å². The third kappa shape index (κ3) is 9.62. The average molecular weight is 380 g/mol. The molecule has 1 aliphatic carbocycles. The largest absolute Gasteiger partial charge is 0.401 e. The molecular formula is C18H35F3N4O. The second-order valence-electron chi connectivity index (χ2n) is 7.28. The predicted octanol–water partition coefficient (Wildman–Crippen LogP) is 3.02. The maximum atomic E-state index is 12.3. The molecule has 1 rings (SSSR count). The van der Waals surface area contributed by atoms with E-state index in [9.17, 15) is 13.2 Å². The monoisotopic (exact) mass is 380 g/mol. The van der Waals surface area contributed by atoms with Crippen molar-refractivity contribution in [1.82, 2.24) is 15.5 Å². The number of nitrogens with one attached hydrogen (secondary N) is 2. The van der Waals surface area contributed by atoms with Crippen LogP contribution in [-0.2, 0) is 4.74 Å². The van der Waals surface area contributed by atoms with Gasteiger partial charge in [0.25, 0.3) is 0 Å². The number of nitrogens with zero attached hydrogens (tertiary/aromatic N) is 2. The van der Waals surface area contributed by atoms with Crippen molar-refractivity contribution in [2.75, 3.05) is 53.5 Å². The van der Waals surface area contributed by atoms with Gasteiger partial charge in [0.15, 0.2) is 5.96 Å². The molecule has 0 heterocycles. The summed E-state index contributed by atoms with van der Waals surface area (Å²) in [6.45, 7) is 4.39. The Kier molecular flexibility index (Phi) is 10.3. The summed E-state index contributed by atoms with van der Waals surface area (Å²) >= 11 is 0. The van der Waals surface area contributed by atoms with Gasteiger partial charge in [0.1, 0.15) is 0 Å². The first-order valence-electron chi connectivity index (χ1n) is 9.57. The van der Waals surface area contributed by atoms with Crippen LogP contribution in [-0.4, -0.2) is 70.5 Å². The van der Waals surface area contributed by atoms with Crippen molar-refractivity contribution >= 4 is 5.96 Å².